The third kappa shape index (κ3) is 5.71. The van der Waals surface area contributed by atoms with E-state index in [9.17, 15) is 9.59 Å². The first-order valence-electron chi connectivity index (χ1n) is 8.51. The Balaban J connectivity index is 2.17. The molecule has 0 fully saturated rings. The highest BCUT2D eigenvalue weighted by Crippen LogP contribution is 2.19. The minimum atomic E-state index is -0.0741. The van der Waals surface area contributed by atoms with Gasteiger partial charge in [0.05, 0.1) is 13.1 Å². The van der Waals surface area contributed by atoms with E-state index in [1.807, 2.05) is 49.1 Å². The van der Waals surface area contributed by atoms with E-state index >= 15 is 0 Å². The molecule has 0 N–H and O–H groups in total. The molecule has 0 spiro atoms. The number of nitrogens with zero attached hydrogens (tertiary/aromatic N) is 2. The number of carbonyl (C=O) groups is 2. The first kappa shape index (κ1) is 19.2. The molecule has 0 radical (unpaired) electrons. The fraction of sp³-hybridized carbons (Fsp3) is 0.400. The van der Waals surface area contributed by atoms with Crippen LogP contribution in [0.5, 0.6) is 0 Å². The van der Waals surface area contributed by atoms with Crippen LogP contribution in [0.4, 0.5) is 0 Å². The van der Waals surface area contributed by atoms with Crippen molar-refractivity contribution < 1.29 is 9.59 Å². The van der Waals surface area contributed by atoms with Gasteiger partial charge in [0.15, 0.2) is 0 Å². The molecule has 0 aliphatic carbocycles. The summed E-state index contributed by atoms with van der Waals surface area (Å²) in [6.45, 7) is 8.66. The summed E-state index contributed by atoms with van der Waals surface area (Å²) in [6.07, 6.45) is 0. The molecule has 0 atom stereocenters. The zero-order valence-electron chi connectivity index (χ0n) is 15.4. The first-order valence-corrected chi connectivity index (χ1v) is 9.32. The molecule has 1 aromatic heterocycles. The minimum absolute atomic E-state index is 0.00371. The molecule has 2 aromatic rings. The highest BCUT2D eigenvalue weighted by Gasteiger charge is 2.22. The summed E-state index contributed by atoms with van der Waals surface area (Å²) in [6, 6.07) is 14.1. The normalized spacial score (nSPS) is 10.8. The van der Waals surface area contributed by atoms with Crippen LogP contribution in [0, 0.1) is 6.92 Å². The third-order valence-corrected chi connectivity index (χ3v) is 5.03. The number of benzene rings is 1. The summed E-state index contributed by atoms with van der Waals surface area (Å²) in [4.78, 5) is 30.6. The van der Waals surface area contributed by atoms with Crippen LogP contribution in [-0.2, 0) is 22.7 Å². The second-order valence-corrected chi connectivity index (χ2v) is 7.86. The minimum Gasteiger partial charge on any atom is -0.332 e. The zero-order chi connectivity index (χ0) is 18.4. The topological polar surface area (TPSA) is 40.6 Å². The second-order valence-electron chi connectivity index (χ2n) is 6.49. The Morgan fingerprint density at radius 3 is 2.24 bits per heavy atom. The number of hydrogen-bond donors (Lipinski definition) is 0. The molecule has 0 unspecified atom stereocenters. The van der Waals surface area contributed by atoms with Crippen molar-refractivity contribution in [2.24, 2.45) is 0 Å². The lowest BCUT2D eigenvalue weighted by atomic mass is 10.2. The van der Waals surface area contributed by atoms with Crippen LogP contribution < -0.4 is 0 Å². The Labute approximate surface area is 154 Å². The highest BCUT2D eigenvalue weighted by molar-refractivity contribution is 7.11. The quantitative estimate of drug-likeness (QED) is 0.754. The lowest BCUT2D eigenvalue weighted by molar-refractivity contribution is -0.141. The summed E-state index contributed by atoms with van der Waals surface area (Å²) in [5.74, 6) is -0.103. The van der Waals surface area contributed by atoms with Crippen molar-refractivity contribution in [3.63, 3.8) is 0 Å². The third-order valence-electron chi connectivity index (χ3n) is 4.05. The van der Waals surface area contributed by atoms with Crippen LogP contribution in [-0.4, -0.2) is 34.2 Å². The van der Waals surface area contributed by atoms with E-state index in [-0.39, 0.29) is 24.4 Å². The van der Waals surface area contributed by atoms with Crippen LogP contribution >= 0.6 is 11.3 Å². The SMILES string of the molecule is CC(=O)N(CC(=O)N(Cc1ccccc1)Cc1ccc(C)s1)C(C)C. The van der Waals surface area contributed by atoms with Gasteiger partial charge in [-0.15, -0.1) is 11.3 Å². The van der Waals surface area contributed by atoms with E-state index in [0.29, 0.717) is 13.1 Å². The molecule has 25 heavy (non-hydrogen) atoms. The van der Waals surface area contributed by atoms with Gasteiger partial charge in [-0.05, 0) is 38.5 Å². The van der Waals surface area contributed by atoms with Gasteiger partial charge in [0.25, 0.3) is 0 Å². The van der Waals surface area contributed by atoms with Crippen LogP contribution in [0.15, 0.2) is 42.5 Å². The van der Waals surface area contributed by atoms with Crippen LogP contribution in [0.2, 0.25) is 0 Å². The molecule has 134 valence electrons. The average molecular weight is 359 g/mol. The standard InChI is InChI=1S/C20H26N2O2S/c1-15(2)22(17(4)23)14-20(24)21(12-18-8-6-5-7-9-18)13-19-11-10-16(3)25-19/h5-11,15H,12-14H2,1-4H3. The molecular weight excluding hydrogens is 332 g/mol. The van der Waals surface area contributed by atoms with Gasteiger partial charge in [0.1, 0.15) is 0 Å². The maximum atomic E-state index is 12.9. The van der Waals surface area contributed by atoms with Crippen molar-refractivity contribution in [1.82, 2.24) is 9.80 Å². The van der Waals surface area contributed by atoms with E-state index in [1.54, 1.807) is 16.2 Å². The molecule has 5 heteroatoms. The van der Waals surface area contributed by atoms with Crippen LogP contribution in [0.3, 0.4) is 0 Å². The summed E-state index contributed by atoms with van der Waals surface area (Å²) in [5.41, 5.74) is 1.09. The molecule has 0 aliphatic rings. The van der Waals surface area contributed by atoms with Crippen molar-refractivity contribution in [2.75, 3.05) is 6.54 Å². The highest BCUT2D eigenvalue weighted by atomic mass is 32.1. The maximum Gasteiger partial charge on any atom is 0.242 e. The predicted molar refractivity (Wildman–Crippen MR) is 102 cm³/mol. The van der Waals surface area contributed by atoms with Gasteiger partial charge in [0.2, 0.25) is 11.8 Å². The first-order chi connectivity index (χ1) is 11.9. The fourth-order valence-electron chi connectivity index (χ4n) is 2.70. The van der Waals surface area contributed by atoms with Crippen molar-refractivity contribution in [3.05, 3.63) is 57.8 Å². The van der Waals surface area contributed by atoms with Crippen molar-refractivity contribution in [1.29, 1.82) is 0 Å². The molecule has 0 aliphatic heterocycles. The Morgan fingerprint density at radius 1 is 1.04 bits per heavy atom. The van der Waals surface area contributed by atoms with Crippen molar-refractivity contribution in [2.45, 2.75) is 46.8 Å². The largest absolute Gasteiger partial charge is 0.332 e. The number of amides is 2. The van der Waals surface area contributed by atoms with Gasteiger partial charge in [-0.3, -0.25) is 9.59 Å². The smallest absolute Gasteiger partial charge is 0.242 e. The lowest BCUT2D eigenvalue weighted by Gasteiger charge is -2.29. The van der Waals surface area contributed by atoms with Crippen molar-refractivity contribution in [3.8, 4) is 0 Å². The number of rotatable bonds is 7. The van der Waals surface area contributed by atoms with Gasteiger partial charge in [-0.25, -0.2) is 0 Å². The average Bonchev–Trinajstić information content (AvgIpc) is 2.97. The molecule has 4 nitrogen and oxygen atoms in total. The summed E-state index contributed by atoms with van der Waals surface area (Å²) in [7, 11) is 0. The molecule has 0 bridgehead atoms. The Morgan fingerprint density at radius 2 is 1.72 bits per heavy atom. The van der Waals surface area contributed by atoms with Gasteiger partial charge < -0.3 is 9.80 Å². The van der Waals surface area contributed by atoms with Gasteiger partial charge in [-0.2, -0.15) is 0 Å². The number of hydrogen-bond acceptors (Lipinski definition) is 3. The second kappa shape index (κ2) is 8.81. The monoisotopic (exact) mass is 358 g/mol. The zero-order valence-corrected chi connectivity index (χ0v) is 16.2. The molecule has 0 saturated carbocycles. The van der Waals surface area contributed by atoms with Crippen LogP contribution in [0.1, 0.15) is 36.1 Å². The lowest BCUT2D eigenvalue weighted by Crippen LogP contribution is -2.44. The predicted octanol–water partition coefficient (Wildman–Crippen LogP) is 3.84. The van der Waals surface area contributed by atoms with E-state index in [0.717, 1.165) is 10.4 Å². The van der Waals surface area contributed by atoms with Crippen LogP contribution in [0.25, 0.3) is 0 Å². The number of aryl methyl sites for hydroxylation is 1. The molecular formula is C20H26N2O2S. The van der Waals surface area contributed by atoms with Crippen molar-refractivity contribution >= 4 is 23.2 Å². The Bertz CT molecular complexity index is 709. The van der Waals surface area contributed by atoms with Gasteiger partial charge in [-0.1, -0.05) is 30.3 Å². The Kier molecular flexibility index (Phi) is 6.76. The van der Waals surface area contributed by atoms with Gasteiger partial charge in [0, 0.05) is 29.3 Å². The summed E-state index contributed by atoms with van der Waals surface area (Å²) in [5, 5.41) is 0. The molecule has 2 amide bonds. The van der Waals surface area contributed by atoms with E-state index in [1.165, 1.54) is 11.8 Å². The Hall–Kier alpha value is -2.14. The van der Waals surface area contributed by atoms with E-state index in [4.69, 9.17) is 0 Å². The van der Waals surface area contributed by atoms with Gasteiger partial charge >= 0.3 is 0 Å². The summed E-state index contributed by atoms with van der Waals surface area (Å²) >= 11 is 1.70. The molecule has 2 rings (SSSR count). The maximum absolute atomic E-state index is 12.9. The summed E-state index contributed by atoms with van der Waals surface area (Å²) < 4.78 is 0. The molecule has 1 aromatic carbocycles. The molecule has 1 heterocycles. The number of carbonyl (C=O) groups excluding carboxylic acids is 2. The van der Waals surface area contributed by atoms with E-state index < -0.39 is 0 Å². The van der Waals surface area contributed by atoms with E-state index in [2.05, 4.69) is 19.1 Å². The molecule has 0 saturated heterocycles. The fourth-order valence-corrected chi connectivity index (χ4v) is 3.60. The number of thiophene rings is 1.